The van der Waals surface area contributed by atoms with E-state index in [0.717, 1.165) is 11.1 Å². The number of carbonyl (C=O) groups excluding carboxylic acids is 3. The summed E-state index contributed by atoms with van der Waals surface area (Å²) in [6.45, 7) is 5.13. The highest BCUT2D eigenvalue weighted by Gasteiger charge is 2.32. The Hall–Kier alpha value is -3.21. The molecule has 0 spiro atoms. The number of fused-ring (bicyclic) bond motifs is 1. The SMILES string of the molecule is CC(=O)C(C(=O)Nc1ccc(C)cc1C)=C1C(=O)Nc2ccccc21. The van der Waals surface area contributed by atoms with Crippen LogP contribution >= 0.6 is 0 Å². The fraction of sp³-hybridized carbons (Fsp3) is 0.150. The van der Waals surface area contributed by atoms with Crippen molar-refractivity contribution in [1.29, 1.82) is 0 Å². The number of carbonyl (C=O) groups is 3. The monoisotopic (exact) mass is 334 g/mol. The highest BCUT2D eigenvalue weighted by atomic mass is 16.2. The molecule has 2 N–H and O–H groups in total. The van der Waals surface area contributed by atoms with E-state index in [9.17, 15) is 14.4 Å². The number of anilines is 2. The van der Waals surface area contributed by atoms with Crippen molar-refractivity contribution in [2.75, 3.05) is 10.6 Å². The molecule has 25 heavy (non-hydrogen) atoms. The van der Waals surface area contributed by atoms with Crippen LogP contribution in [0.2, 0.25) is 0 Å². The smallest absolute Gasteiger partial charge is 0.260 e. The fourth-order valence-electron chi connectivity index (χ4n) is 2.95. The van der Waals surface area contributed by atoms with Gasteiger partial charge in [0.1, 0.15) is 0 Å². The van der Waals surface area contributed by atoms with Crippen molar-refractivity contribution in [2.45, 2.75) is 20.8 Å². The average molecular weight is 334 g/mol. The maximum atomic E-state index is 12.8. The summed E-state index contributed by atoms with van der Waals surface area (Å²) in [7, 11) is 0. The number of nitrogens with one attached hydrogen (secondary N) is 2. The van der Waals surface area contributed by atoms with E-state index in [1.54, 1.807) is 30.3 Å². The molecule has 5 nitrogen and oxygen atoms in total. The summed E-state index contributed by atoms with van der Waals surface area (Å²) in [6, 6.07) is 12.6. The number of amides is 2. The summed E-state index contributed by atoms with van der Waals surface area (Å²) >= 11 is 0. The molecule has 1 heterocycles. The Bertz CT molecular complexity index is 942. The van der Waals surface area contributed by atoms with Gasteiger partial charge in [0.25, 0.3) is 11.8 Å². The van der Waals surface area contributed by atoms with Gasteiger partial charge in [-0.2, -0.15) is 0 Å². The highest BCUT2D eigenvalue weighted by molar-refractivity contribution is 6.42. The zero-order valence-electron chi connectivity index (χ0n) is 14.3. The van der Waals surface area contributed by atoms with E-state index in [4.69, 9.17) is 0 Å². The Kier molecular flexibility index (Phi) is 4.23. The summed E-state index contributed by atoms with van der Waals surface area (Å²) in [5.74, 6) is -1.48. The van der Waals surface area contributed by atoms with Gasteiger partial charge < -0.3 is 10.6 Å². The molecule has 2 aromatic rings. The van der Waals surface area contributed by atoms with Crippen molar-refractivity contribution in [3.63, 3.8) is 0 Å². The topological polar surface area (TPSA) is 75.3 Å². The van der Waals surface area contributed by atoms with E-state index >= 15 is 0 Å². The van der Waals surface area contributed by atoms with Crippen LogP contribution in [0.3, 0.4) is 0 Å². The highest BCUT2D eigenvalue weighted by Crippen LogP contribution is 2.34. The zero-order valence-corrected chi connectivity index (χ0v) is 14.3. The second-order valence-electron chi connectivity index (χ2n) is 6.08. The first-order valence-electron chi connectivity index (χ1n) is 7.93. The number of rotatable bonds is 3. The first-order chi connectivity index (χ1) is 11.9. The number of benzene rings is 2. The van der Waals surface area contributed by atoms with Gasteiger partial charge in [-0.3, -0.25) is 14.4 Å². The van der Waals surface area contributed by atoms with Crippen LogP contribution in [-0.4, -0.2) is 17.6 Å². The maximum absolute atomic E-state index is 12.8. The van der Waals surface area contributed by atoms with Gasteiger partial charge in [-0.15, -0.1) is 0 Å². The van der Waals surface area contributed by atoms with Gasteiger partial charge in [0.05, 0.1) is 11.1 Å². The third-order valence-corrected chi connectivity index (χ3v) is 4.13. The minimum atomic E-state index is -0.582. The molecule has 0 aromatic heterocycles. The van der Waals surface area contributed by atoms with Crippen LogP contribution in [-0.2, 0) is 14.4 Å². The second kappa shape index (κ2) is 6.36. The Labute approximate surface area is 145 Å². The molecule has 0 bridgehead atoms. The van der Waals surface area contributed by atoms with Gasteiger partial charge in [0.2, 0.25) is 0 Å². The molecule has 3 rings (SSSR count). The van der Waals surface area contributed by atoms with Crippen LogP contribution in [0.15, 0.2) is 48.0 Å². The van der Waals surface area contributed by atoms with E-state index in [2.05, 4.69) is 10.6 Å². The van der Waals surface area contributed by atoms with Crippen LogP contribution < -0.4 is 10.6 Å². The quantitative estimate of drug-likeness (QED) is 0.514. The van der Waals surface area contributed by atoms with Crippen molar-refractivity contribution in [3.8, 4) is 0 Å². The van der Waals surface area contributed by atoms with Crippen LogP contribution in [0.1, 0.15) is 23.6 Å². The van der Waals surface area contributed by atoms with E-state index in [-0.39, 0.29) is 11.1 Å². The number of hydrogen-bond donors (Lipinski definition) is 2. The summed E-state index contributed by atoms with van der Waals surface area (Å²) in [6.07, 6.45) is 0. The largest absolute Gasteiger partial charge is 0.322 e. The standard InChI is InChI=1S/C20H18N2O3/c1-11-8-9-15(12(2)10-11)21-19(24)17(13(3)23)18-14-6-4-5-7-16(14)22-20(18)25/h4-10H,1-3H3,(H,21,24)(H,22,25). The predicted molar refractivity (Wildman–Crippen MR) is 97.2 cm³/mol. The van der Waals surface area contributed by atoms with Crippen LogP contribution in [0, 0.1) is 13.8 Å². The third-order valence-electron chi connectivity index (χ3n) is 4.13. The van der Waals surface area contributed by atoms with E-state index in [0.29, 0.717) is 16.9 Å². The molecule has 0 aliphatic carbocycles. The molecule has 0 atom stereocenters. The molecule has 2 amide bonds. The number of aryl methyl sites for hydroxylation is 2. The van der Waals surface area contributed by atoms with E-state index in [1.165, 1.54) is 6.92 Å². The van der Waals surface area contributed by atoms with Gasteiger partial charge in [-0.1, -0.05) is 35.9 Å². The van der Waals surface area contributed by atoms with Crippen molar-refractivity contribution < 1.29 is 14.4 Å². The van der Waals surface area contributed by atoms with Gasteiger partial charge in [0, 0.05) is 16.9 Å². The molecule has 0 radical (unpaired) electrons. The normalized spacial score (nSPS) is 14.6. The molecule has 0 unspecified atom stereocenters. The number of para-hydroxylation sites is 1. The van der Waals surface area contributed by atoms with Gasteiger partial charge in [0.15, 0.2) is 5.78 Å². The molecule has 0 saturated heterocycles. The first kappa shape index (κ1) is 16.6. The maximum Gasteiger partial charge on any atom is 0.260 e. The molecular formula is C20H18N2O3. The fourth-order valence-corrected chi connectivity index (χ4v) is 2.95. The molecule has 0 fully saturated rings. The summed E-state index contributed by atoms with van der Waals surface area (Å²) < 4.78 is 0. The molecule has 1 aliphatic heterocycles. The second-order valence-corrected chi connectivity index (χ2v) is 6.08. The predicted octanol–water partition coefficient (Wildman–Crippen LogP) is 3.24. The van der Waals surface area contributed by atoms with Crippen molar-refractivity contribution in [2.24, 2.45) is 0 Å². The van der Waals surface area contributed by atoms with Crippen LogP contribution in [0.4, 0.5) is 11.4 Å². The van der Waals surface area contributed by atoms with Gasteiger partial charge in [-0.25, -0.2) is 0 Å². The third kappa shape index (κ3) is 3.08. The molecular weight excluding hydrogens is 316 g/mol. The lowest BCUT2D eigenvalue weighted by Gasteiger charge is -2.12. The minimum Gasteiger partial charge on any atom is -0.322 e. The van der Waals surface area contributed by atoms with Crippen LogP contribution in [0.25, 0.3) is 5.57 Å². The van der Waals surface area contributed by atoms with Crippen molar-refractivity contribution in [1.82, 2.24) is 0 Å². The molecule has 0 saturated carbocycles. The summed E-state index contributed by atoms with van der Waals surface area (Å²) in [5.41, 5.74) is 3.71. The van der Waals surface area contributed by atoms with E-state index in [1.807, 2.05) is 26.0 Å². The average Bonchev–Trinajstić information content (AvgIpc) is 2.86. The number of Topliss-reactive ketones (excluding diaryl/α,β-unsaturated/α-hetero) is 1. The lowest BCUT2D eigenvalue weighted by atomic mass is 9.97. The van der Waals surface area contributed by atoms with Gasteiger partial charge >= 0.3 is 0 Å². The lowest BCUT2D eigenvalue weighted by Crippen LogP contribution is -2.23. The summed E-state index contributed by atoms with van der Waals surface area (Å²) in [5, 5.41) is 5.44. The Morgan fingerprint density at radius 2 is 1.76 bits per heavy atom. The zero-order chi connectivity index (χ0) is 18.1. The van der Waals surface area contributed by atoms with Crippen LogP contribution in [0.5, 0.6) is 0 Å². The Morgan fingerprint density at radius 3 is 2.44 bits per heavy atom. The number of ketones is 1. The van der Waals surface area contributed by atoms with Gasteiger partial charge in [-0.05, 0) is 38.5 Å². The van der Waals surface area contributed by atoms with Crippen molar-refractivity contribution >= 4 is 34.5 Å². The van der Waals surface area contributed by atoms with E-state index < -0.39 is 17.6 Å². The molecule has 1 aliphatic rings. The Morgan fingerprint density at radius 1 is 1.04 bits per heavy atom. The minimum absolute atomic E-state index is 0.116. The summed E-state index contributed by atoms with van der Waals surface area (Å²) in [4.78, 5) is 37.3. The lowest BCUT2D eigenvalue weighted by molar-refractivity contribution is -0.119. The first-order valence-corrected chi connectivity index (χ1v) is 7.93. The molecule has 126 valence electrons. The van der Waals surface area contributed by atoms with Crippen molar-refractivity contribution in [3.05, 3.63) is 64.7 Å². The molecule has 5 heteroatoms. The Balaban J connectivity index is 2.06. The number of hydrogen-bond acceptors (Lipinski definition) is 3. The molecule has 2 aromatic carbocycles.